The molecule has 19 heavy (non-hydrogen) atoms. The van der Waals surface area contributed by atoms with Crippen LogP contribution in [-0.2, 0) is 10.2 Å². The van der Waals surface area contributed by atoms with Crippen LogP contribution in [0, 0.1) is 0 Å². The molecule has 2 rings (SSSR count). The molecule has 1 aromatic heterocycles. The van der Waals surface area contributed by atoms with Gasteiger partial charge in [0.1, 0.15) is 5.76 Å². The summed E-state index contributed by atoms with van der Waals surface area (Å²) in [6.45, 7) is 4.42. The first-order chi connectivity index (χ1) is 9.12. The Balaban J connectivity index is 2.02. The summed E-state index contributed by atoms with van der Waals surface area (Å²) in [5, 5.41) is 0. The second-order valence-electron chi connectivity index (χ2n) is 4.62. The second-order valence-corrected chi connectivity index (χ2v) is 6.21. The van der Waals surface area contributed by atoms with E-state index in [0.29, 0.717) is 13.1 Å². The van der Waals surface area contributed by atoms with Gasteiger partial charge in [-0.1, -0.05) is 6.92 Å². The van der Waals surface area contributed by atoms with Crippen LogP contribution in [0.3, 0.4) is 0 Å². The Bertz CT molecular complexity index is 466. The first kappa shape index (κ1) is 14.5. The van der Waals surface area contributed by atoms with Crippen LogP contribution >= 0.6 is 0 Å². The zero-order valence-corrected chi connectivity index (χ0v) is 11.9. The third-order valence-corrected chi connectivity index (χ3v) is 4.47. The molecule has 1 saturated heterocycles. The van der Waals surface area contributed by atoms with Crippen molar-refractivity contribution in [3.63, 3.8) is 0 Å². The van der Waals surface area contributed by atoms with Crippen LogP contribution in [0.25, 0.3) is 0 Å². The lowest BCUT2D eigenvalue weighted by Gasteiger charge is -2.25. The molecule has 2 heterocycles. The third kappa shape index (κ3) is 4.04. The van der Waals surface area contributed by atoms with Gasteiger partial charge in [-0.25, -0.2) is 9.44 Å². The van der Waals surface area contributed by atoms with Crippen LogP contribution in [-0.4, -0.2) is 39.5 Å². The lowest BCUT2D eigenvalue weighted by molar-refractivity contribution is 0.216. The molecule has 108 valence electrons. The molecule has 0 amide bonds. The highest BCUT2D eigenvalue weighted by Crippen LogP contribution is 2.24. The summed E-state index contributed by atoms with van der Waals surface area (Å²) in [5.41, 5.74) is 0. The van der Waals surface area contributed by atoms with Gasteiger partial charge >= 0.3 is 0 Å². The molecule has 1 unspecified atom stereocenters. The Morgan fingerprint density at radius 1 is 1.37 bits per heavy atom. The maximum absolute atomic E-state index is 11.6. The van der Waals surface area contributed by atoms with Gasteiger partial charge in [0.15, 0.2) is 0 Å². The van der Waals surface area contributed by atoms with E-state index in [1.54, 1.807) is 13.2 Å². The lowest BCUT2D eigenvalue weighted by Crippen LogP contribution is -2.41. The fourth-order valence-electron chi connectivity index (χ4n) is 2.37. The molecule has 0 bridgehead atoms. The maximum atomic E-state index is 11.6. The molecule has 1 aliphatic heterocycles. The molecular weight excluding hydrogens is 266 g/mol. The highest BCUT2D eigenvalue weighted by atomic mass is 32.2. The van der Waals surface area contributed by atoms with Crippen LogP contribution < -0.4 is 9.44 Å². The van der Waals surface area contributed by atoms with Crippen molar-refractivity contribution in [1.82, 2.24) is 14.3 Å². The fraction of sp³-hybridized carbons (Fsp3) is 0.667. The number of hydrogen-bond donors (Lipinski definition) is 2. The zero-order chi connectivity index (χ0) is 13.7. The maximum Gasteiger partial charge on any atom is 0.276 e. The zero-order valence-electron chi connectivity index (χ0n) is 11.1. The molecule has 1 aliphatic rings. The van der Waals surface area contributed by atoms with Crippen molar-refractivity contribution in [3.05, 3.63) is 24.2 Å². The normalized spacial score (nSPS) is 18.8. The van der Waals surface area contributed by atoms with Gasteiger partial charge in [0.05, 0.1) is 12.3 Å². The van der Waals surface area contributed by atoms with Crippen molar-refractivity contribution >= 4 is 10.2 Å². The van der Waals surface area contributed by atoms with Crippen LogP contribution in [0.5, 0.6) is 0 Å². The first-order valence-electron chi connectivity index (χ1n) is 6.64. The smallest absolute Gasteiger partial charge is 0.276 e. The average molecular weight is 287 g/mol. The van der Waals surface area contributed by atoms with E-state index in [0.717, 1.165) is 31.7 Å². The largest absolute Gasteiger partial charge is 0.468 e. The minimum atomic E-state index is -3.42. The highest BCUT2D eigenvalue weighted by molar-refractivity contribution is 7.87. The van der Waals surface area contributed by atoms with Gasteiger partial charge in [-0.3, -0.25) is 4.90 Å². The van der Waals surface area contributed by atoms with E-state index in [9.17, 15) is 8.42 Å². The van der Waals surface area contributed by atoms with E-state index in [4.69, 9.17) is 4.42 Å². The summed E-state index contributed by atoms with van der Waals surface area (Å²) in [4.78, 5) is 2.26. The van der Waals surface area contributed by atoms with Crippen LogP contribution in [0.2, 0.25) is 0 Å². The Labute approximate surface area is 114 Å². The van der Waals surface area contributed by atoms with Crippen molar-refractivity contribution in [2.45, 2.75) is 25.8 Å². The third-order valence-electron chi connectivity index (χ3n) is 3.25. The summed E-state index contributed by atoms with van der Waals surface area (Å²) >= 11 is 0. The quantitative estimate of drug-likeness (QED) is 0.780. The SMILES string of the molecule is CCNS(=O)(=O)NCC(c1ccco1)N1CCCC1. The summed E-state index contributed by atoms with van der Waals surface area (Å²) in [6, 6.07) is 3.69. The van der Waals surface area contributed by atoms with Gasteiger partial charge in [-0.2, -0.15) is 8.42 Å². The van der Waals surface area contributed by atoms with Gasteiger partial charge in [0.25, 0.3) is 10.2 Å². The summed E-state index contributed by atoms with van der Waals surface area (Å²) in [6.07, 6.45) is 3.92. The molecule has 1 fully saturated rings. The molecule has 0 aromatic carbocycles. The van der Waals surface area contributed by atoms with Crippen molar-refractivity contribution < 1.29 is 12.8 Å². The molecule has 6 nitrogen and oxygen atoms in total. The molecule has 0 radical (unpaired) electrons. The number of likely N-dealkylation sites (tertiary alicyclic amines) is 1. The van der Waals surface area contributed by atoms with Crippen LogP contribution in [0.15, 0.2) is 22.8 Å². The van der Waals surface area contributed by atoms with Crippen LogP contribution in [0.4, 0.5) is 0 Å². The number of nitrogens with zero attached hydrogens (tertiary/aromatic N) is 1. The number of furan rings is 1. The summed E-state index contributed by atoms with van der Waals surface area (Å²) in [7, 11) is -3.42. The predicted octanol–water partition coefficient (Wildman–Crippen LogP) is 0.860. The minimum Gasteiger partial charge on any atom is -0.468 e. The van der Waals surface area contributed by atoms with E-state index < -0.39 is 10.2 Å². The molecule has 0 aliphatic carbocycles. The van der Waals surface area contributed by atoms with Crippen LogP contribution in [0.1, 0.15) is 31.6 Å². The highest BCUT2D eigenvalue weighted by Gasteiger charge is 2.26. The van der Waals surface area contributed by atoms with E-state index in [2.05, 4.69) is 14.3 Å². The molecule has 0 saturated carbocycles. The summed E-state index contributed by atoms with van der Waals surface area (Å²) < 4.78 is 33.7. The molecule has 1 atom stereocenters. The van der Waals surface area contributed by atoms with E-state index >= 15 is 0 Å². The topological polar surface area (TPSA) is 74.6 Å². The Hall–Kier alpha value is -0.890. The Kier molecular flexibility index (Phi) is 4.98. The number of hydrogen-bond acceptors (Lipinski definition) is 4. The average Bonchev–Trinajstić information content (AvgIpc) is 3.01. The Morgan fingerprint density at radius 3 is 2.68 bits per heavy atom. The van der Waals surface area contributed by atoms with Crippen molar-refractivity contribution in [2.75, 3.05) is 26.2 Å². The fourth-order valence-corrected chi connectivity index (χ4v) is 3.23. The minimum absolute atomic E-state index is 0.0362. The van der Waals surface area contributed by atoms with Gasteiger partial charge in [0, 0.05) is 13.1 Å². The van der Waals surface area contributed by atoms with Crippen molar-refractivity contribution in [3.8, 4) is 0 Å². The molecule has 0 spiro atoms. The van der Waals surface area contributed by atoms with Crippen molar-refractivity contribution in [1.29, 1.82) is 0 Å². The van der Waals surface area contributed by atoms with Gasteiger partial charge in [-0.05, 0) is 38.1 Å². The monoisotopic (exact) mass is 287 g/mol. The molecular formula is C12H21N3O3S. The number of rotatable bonds is 7. The summed E-state index contributed by atoms with van der Waals surface area (Å²) in [5.74, 6) is 0.807. The van der Waals surface area contributed by atoms with E-state index in [1.807, 2.05) is 12.1 Å². The standard InChI is InChI=1S/C12H21N3O3S/c1-2-13-19(16,17)14-10-11(12-6-5-9-18-12)15-7-3-4-8-15/h5-6,9,11,13-14H,2-4,7-8,10H2,1H3. The molecule has 2 N–H and O–H groups in total. The molecule has 7 heteroatoms. The van der Waals surface area contributed by atoms with Gasteiger partial charge in [-0.15, -0.1) is 0 Å². The number of nitrogens with one attached hydrogen (secondary N) is 2. The van der Waals surface area contributed by atoms with Crippen molar-refractivity contribution in [2.24, 2.45) is 0 Å². The first-order valence-corrected chi connectivity index (χ1v) is 8.12. The Morgan fingerprint density at radius 2 is 2.11 bits per heavy atom. The predicted molar refractivity (Wildman–Crippen MR) is 72.9 cm³/mol. The van der Waals surface area contributed by atoms with E-state index in [-0.39, 0.29) is 6.04 Å². The lowest BCUT2D eigenvalue weighted by atomic mass is 10.2. The molecule has 1 aromatic rings. The van der Waals surface area contributed by atoms with E-state index in [1.165, 1.54) is 0 Å². The second kappa shape index (κ2) is 6.51. The van der Waals surface area contributed by atoms with Gasteiger partial charge in [0.2, 0.25) is 0 Å². The van der Waals surface area contributed by atoms with Gasteiger partial charge < -0.3 is 4.42 Å².